The average molecular weight is 423 g/mol. The quantitative estimate of drug-likeness (QED) is 0.786. The fraction of sp³-hybridized carbons (Fsp3) is 0.263. The van der Waals surface area contributed by atoms with E-state index in [1.54, 1.807) is 30.3 Å². The number of nitrogens with zero attached hydrogens (tertiary/aromatic N) is 2. The zero-order valence-corrected chi connectivity index (χ0v) is 16.3. The summed E-state index contributed by atoms with van der Waals surface area (Å²) in [5.74, 6) is -0.176. The summed E-state index contributed by atoms with van der Waals surface area (Å²) in [6, 6.07) is 11.0. The lowest BCUT2D eigenvalue weighted by atomic mass is 10.0. The molecule has 0 saturated carbocycles. The molecule has 2 aliphatic rings. The molecule has 2 heterocycles. The maximum Gasteiger partial charge on any atom is 0.243 e. The second kappa shape index (κ2) is 7.67. The summed E-state index contributed by atoms with van der Waals surface area (Å²) in [5, 5.41) is 6.50. The molecular formula is C19H17Cl2FN4O2. The largest absolute Gasteiger partial charge is 0.448 e. The Balaban J connectivity index is 1.53. The number of benzene rings is 2. The summed E-state index contributed by atoms with van der Waals surface area (Å²) in [5.41, 5.74) is 7.82. The molecule has 2 aromatic rings. The highest BCUT2D eigenvalue weighted by molar-refractivity contribution is 6.35. The molecule has 4 rings (SSSR count). The van der Waals surface area contributed by atoms with Gasteiger partial charge in [0, 0.05) is 23.6 Å². The molecule has 2 N–H and O–H groups in total. The highest BCUT2D eigenvalue weighted by Crippen LogP contribution is 2.36. The monoisotopic (exact) mass is 422 g/mol. The molecule has 1 amide bonds. The van der Waals surface area contributed by atoms with E-state index in [0.717, 1.165) is 5.56 Å². The predicted octanol–water partition coefficient (Wildman–Crippen LogP) is 3.93. The molecule has 9 heteroatoms. The topological polar surface area (TPSA) is 66.0 Å². The first-order valence-electron chi connectivity index (χ1n) is 8.69. The molecule has 0 aliphatic carbocycles. The molecule has 2 aliphatic heterocycles. The Morgan fingerprint density at radius 2 is 1.89 bits per heavy atom. The fourth-order valence-electron chi connectivity index (χ4n) is 3.26. The van der Waals surface area contributed by atoms with E-state index in [9.17, 15) is 9.18 Å². The minimum atomic E-state index is -0.760. The molecule has 0 bridgehead atoms. The van der Waals surface area contributed by atoms with Crippen LogP contribution in [0.5, 0.6) is 0 Å². The van der Waals surface area contributed by atoms with Gasteiger partial charge in [-0.05, 0) is 36.2 Å². The van der Waals surface area contributed by atoms with Crippen molar-refractivity contribution in [2.45, 2.75) is 31.7 Å². The van der Waals surface area contributed by atoms with E-state index < -0.39 is 6.23 Å². The molecule has 1 saturated heterocycles. The molecule has 6 nitrogen and oxygen atoms in total. The number of carbonyl (C=O) groups is 1. The second-order valence-corrected chi connectivity index (χ2v) is 7.46. The Morgan fingerprint density at radius 1 is 1.18 bits per heavy atom. The maximum atomic E-state index is 13.1. The van der Waals surface area contributed by atoms with Gasteiger partial charge in [-0.15, -0.1) is 5.10 Å². The van der Waals surface area contributed by atoms with Crippen molar-refractivity contribution in [1.82, 2.24) is 15.9 Å². The van der Waals surface area contributed by atoms with Gasteiger partial charge in [0.05, 0.1) is 5.02 Å². The van der Waals surface area contributed by atoms with Crippen LogP contribution in [-0.2, 0) is 9.53 Å². The fourth-order valence-corrected chi connectivity index (χ4v) is 3.76. The van der Waals surface area contributed by atoms with Crippen LogP contribution < -0.4 is 10.9 Å². The van der Waals surface area contributed by atoms with E-state index in [2.05, 4.69) is 16.0 Å². The smallest absolute Gasteiger partial charge is 0.243 e. The Labute approximate surface area is 171 Å². The Bertz CT molecular complexity index is 938. The van der Waals surface area contributed by atoms with Crippen molar-refractivity contribution in [1.29, 1.82) is 0 Å². The van der Waals surface area contributed by atoms with Crippen molar-refractivity contribution in [3.05, 3.63) is 69.5 Å². The average Bonchev–Trinajstić information content (AvgIpc) is 3.29. The number of hydrazine groups is 1. The number of rotatable bonds is 3. The molecule has 0 spiro atoms. The van der Waals surface area contributed by atoms with Gasteiger partial charge in [0.15, 0.2) is 0 Å². The highest BCUT2D eigenvalue weighted by atomic mass is 35.5. The molecule has 0 aromatic heterocycles. The number of hydrogen-bond donors (Lipinski definition) is 2. The number of amides is 1. The lowest BCUT2D eigenvalue weighted by molar-refractivity contribution is -0.135. The van der Waals surface area contributed by atoms with Crippen LogP contribution >= 0.6 is 23.2 Å². The maximum absolute atomic E-state index is 13.1. The van der Waals surface area contributed by atoms with Crippen LogP contribution in [-0.4, -0.2) is 22.9 Å². The van der Waals surface area contributed by atoms with E-state index in [1.165, 1.54) is 24.1 Å². The van der Waals surface area contributed by atoms with Gasteiger partial charge in [0.2, 0.25) is 18.0 Å². The van der Waals surface area contributed by atoms with E-state index in [1.807, 2.05) is 0 Å². The van der Waals surface area contributed by atoms with Crippen LogP contribution in [0.2, 0.25) is 10.0 Å². The molecule has 3 unspecified atom stereocenters. The van der Waals surface area contributed by atoms with Gasteiger partial charge in [0.25, 0.3) is 0 Å². The van der Waals surface area contributed by atoms with E-state index in [4.69, 9.17) is 27.9 Å². The van der Waals surface area contributed by atoms with Crippen LogP contribution in [0.3, 0.4) is 0 Å². The van der Waals surface area contributed by atoms with Crippen molar-refractivity contribution >= 4 is 35.0 Å². The van der Waals surface area contributed by atoms with Crippen molar-refractivity contribution in [2.24, 2.45) is 5.10 Å². The number of nitrogens with one attached hydrogen (secondary N) is 2. The molecular weight excluding hydrogens is 406 g/mol. The van der Waals surface area contributed by atoms with Gasteiger partial charge in [-0.25, -0.2) is 15.2 Å². The third kappa shape index (κ3) is 3.71. The van der Waals surface area contributed by atoms with Gasteiger partial charge in [0.1, 0.15) is 11.9 Å². The molecule has 1 fully saturated rings. The Morgan fingerprint density at radius 3 is 2.57 bits per heavy atom. The summed E-state index contributed by atoms with van der Waals surface area (Å²) in [6.45, 7) is 1.41. The summed E-state index contributed by atoms with van der Waals surface area (Å²) >= 11 is 12.3. The minimum absolute atomic E-state index is 0.0409. The normalized spacial score (nSPS) is 24.2. The predicted molar refractivity (Wildman–Crippen MR) is 104 cm³/mol. The van der Waals surface area contributed by atoms with E-state index in [-0.39, 0.29) is 23.8 Å². The van der Waals surface area contributed by atoms with Gasteiger partial charge in [-0.3, -0.25) is 4.79 Å². The zero-order chi connectivity index (χ0) is 19.8. The van der Waals surface area contributed by atoms with Crippen LogP contribution in [0.4, 0.5) is 4.39 Å². The third-order valence-corrected chi connectivity index (χ3v) is 5.25. The summed E-state index contributed by atoms with van der Waals surface area (Å²) < 4.78 is 19.1. The van der Waals surface area contributed by atoms with Crippen molar-refractivity contribution in [2.75, 3.05) is 0 Å². The number of ether oxygens (including phenoxy) is 1. The van der Waals surface area contributed by atoms with Crippen molar-refractivity contribution in [3.8, 4) is 0 Å². The standard InChI is InChI=1S/C19H17Cl2FN4O2/c1-10(27)26-19(14-7-4-12(20)8-15(14)21)28-18(25-26)17-9-16(23-24-17)11-2-5-13(22)6-3-11/h2-8,16-17,19,23-24H,9H2,1H3. The molecule has 3 atom stereocenters. The van der Waals surface area contributed by atoms with Gasteiger partial charge in [-0.2, -0.15) is 5.01 Å². The Kier molecular flexibility index (Phi) is 5.25. The first kappa shape index (κ1) is 19.1. The van der Waals surface area contributed by atoms with Crippen LogP contribution in [0.15, 0.2) is 47.6 Å². The molecule has 0 radical (unpaired) electrons. The first-order chi connectivity index (χ1) is 13.4. The lowest BCUT2D eigenvalue weighted by Crippen LogP contribution is -2.36. The number of carbonyl (C=O) groups excluding carboxylic acids is 1. The summed E-state index contributed by atoms with van der Waals surface area (Å²) in [4.78, 5) is 12.1. The second-order valence-electron chi connectivity index (χ2n) is 6.62. The third-order valence-electron chi connectivity index (χ3n) is 4.69. The summed E-state index contributed by atoms with van der Waals surface area (Å²) in [7, 11) is 0. The summed E-state index contributed by atoms with van der Waals surface area (Å²) in [6.07, 6.45) is -0.138. The Hall–Kier alpha value is -2.19. The van der Waals surface area contributed by atoms with E-state index in [0.29, 0.717) is 27.9 Å². The minimum Gasteiger partial charge on any atom is -0.448 e. The lowest BCUT2D eigenvalue weighted by Gasteiger charge is -2.20. The van der Waals surface area contributed by atoms with Crippen LogP contribution in [0, 0.1) is 5.82 Å². The van der Waals surface area contributed by atoms with E-state index >= 15 is 0 Å². The molecule has 146 valence electrons. The molecule has 28 heavy (non-hydrogen) atoms. The number of hydrazone groups is 1. The van der Waals surface area contributed by atoms with Gasteiger partial charge < -0.3 is 4.74 Å². The van der Waals surface area contributed by atoms with Crippen molar-refractivity contribution < 1.29 is 13.9 Å². The van der Waals surface area contributed by atoms with Gasteiger partial charge in [-0.1, -0.05) is 41.4 Å². The highest BCUT2D eigenvalue weighted by Gasteiger charge is 2.39. The van der Waals surface area contributed by atoms with Crippen LogP contribution in [0.25, 0.3) is 0 Å². The molecule has 2 aromatic carbocycles. The zero-order valence-electron chi connectivity index (χ0n) is 14.8. The number of halogens is 3. The SMILES string of the molecule is CC(=O)N1N=C(C2CC(c3ccc(F)cc3)NN2)OC1c1ccc(Cl)cc1Cl. The van der Waals surface area contributed by atoms with Crippen molar-refractivity contribution in [3.63, 3.8) is 0 Å². The number of hydrogen-bond acceptors (Lipinski definition) is 5. The van der Waals surface area contributed by atoms with Crippen LogP contribution in [0.1, 0.15) is 36.7 Å². The van der Waals surface area contributed by atoms with Gasteiger partial charge >= 0.3 is 0 Å². The first-order valence-corrected chi connectivity index (χ1v) is 9.44.